The predicted molar refractivity (Wildman–Crippen MR) is 56.8 cm³/mol. The maximum absolute atomic E-state index is 11.4. The van der Waals surface area contributed by atoms with Gasteiger partial charge in [-0.05, 0) is 19.3 Å². The van der Waals surface area contributed by atoms with Crippen LogP contribution in [0.3, 0.4) is 0 Å². The molecule has 1 aliphatic rings. The summed E-state index contributed by atoms with van der Waals surface area (Å²) in [6, 6.07) is 0.256. The van der Waals surface area contributed by atoms with Gasteiger partial charge in [-0.1, -0.05) is 0 Å². The zero-order valence-electron chi connectivity index (χ0n) is 9.41. The van der Waals surface area contributed by atoms with Crippen molar-refractivity contribution in [3.8, 4) is 0 Å². The monoisotopic (exact) mass is 216 g/mol. The highest BCUT2D eigenvalue weighted by molar-refractivity contribution is 5.74. The number of nitrogens with one attached hydrogen (secondary N) is 2. The summed E-state index contributed by atoms with van der Waals surface area (Å²) in [5.74, 6) is 0. The van der Waals surface area contributed by atoms with Gasteiger partial charge in [0, 0.05) is 26.8 Å². The van der Waals surface area contributed by atoms with Crippen molar-refractivity contribution in [1.29, 1.82) is 0 Å². The molecule has 0 heterocycles. The fourth-order valence-electron chi connectivity index (χ4n) is 1.39. The van der Waals surface area contributed by atoms with Crippen LogP contribution < -0.4 is 10.6 Å². The van der Waals surface area contributed by atoms with E-state index in [1.807, 2.05) is 0 Å². The molecule has 88 valence electrons. The molecule has 1 saturated carbocycles. The average Bonchev–Trinajstić information content (AvgIpc) is 2.18. The Morgan fingerprint density at radius 3 is 2.67 bits per heavy atom. The molecule has 5 nitrogen and oxygen atoms in total. The molecule has 1 aliphatic carbocycles. The van der Waals surface area contributed by atoms with Gasteiger partial charge < -0.3 is 20.1 Å². The van der Waals surface area contributed by atoms with E-state index in [0.717, 1.165) is 12.8 Å². The van der Waals surface area contributed by atoms with E-state index in [1.54, 1.807) is 14.2 Å². The summed E-state index contributed by atoms with van der Waals surface area (Å²) in [5.41, 5.74) is 0. The number of hydrogen-bond acceptors (Lipinski definition) is 3. The fraction of sp³-hybridized carbons (Fsp3) is 0.900. The van der Waals surface area contributed by atoms with Gasteiger partial charge in [-0.15, -0.1) is 0 Å². The summed E-state index contributed by atoms with van der Waals surface area (Å²) in [7, 11) is 3.22. The molecule has 0 aromatic rings. The number of urea groups is 1. The number of carbonyl (C=O) groups excluding carboxylic acids is 1. The normalized spacial score (nSPS) is 18.0. The van der Waals surface area contributed by atoms with Crippen LogP contribution in [0.4, 0.5) is 4.79 Å². The van der Waals surface area contributed by atoms with Gasteiger partial charge in [0.2, 0.25) is 0 Å². The topological polar surface area (TPSA) is 59.6 Å². The average molecular weight is 216 g/mol. The highest BCUT2D eigenvalue weighted by Gasteiger charge is 2.19. The van der Waals surface area contributed by atoms with Gasteiger partial charge in [0.25, 0.3) is 0 Å². The third-order valence-corrected chi connectivity index (χ3v) is 2.62. The first kappa shape index (κ1) is 12.3. The minimum atomic E-state index is -0.113. The van der Waals surface area contributed by atoms with Gasteiger partial charge in [-0.3, -0.25) is 0 Å². The molecular weight excluding hydrogens is 196 g/mol. The predicted octanol–water partition coefficient (Wildman–Crippen LogP) is 0.500. The van der Waals surface area contributed by atoms with E-state index >= 15 is 0 Å². The standard InChI is InChI=1S/C10H20N2O3/c1-14-7-9(15-2)6-11-10(13)12-8-4-3-5-8/h8-9H,3-7H2,1-2H3,(H2,11,12,13). The van der Waals surface area contributed by atoms with E-state index in [1.165, 1.54) is 6.42 Å². The van der Waals surface area contributed by atoms with Gasteiger partial charge in [0.05, 0.1) is 12.7 Å². The van der Waals surface area contributed by atoms with E-state index < -0.39 is 0 Å². The summed E-state index contributed by atoms with van der Waals surface area (Å²) in [4.78, 5) is 11.4. The highest BCUT2D eigenvalue weighted by Crippen LogP contribution is 2.17. The smallest absolute Gasteiger partial charge is 0.315 e. The van der Waals surface area contributed by atoms with Gasteiger partial charge in [0.1, 0.15) is 0 Å². The van der Waals surface area contributed by atoms with Crippen molar-refractivity contribution < 1.29 is 14.3 Å². The first-order valence-electron chi connectivity index (χ1n) is 5.32. The summed E-state index contributed by atoms with van der Waals surface area (Å²) < 4.78 is 10.1. The van der Waals surface area contributed by atoms with E-state index in [4.69, 9.17) is 9.47 Å². The van der Waals surface area contributed by atoms with Crippen LogP contribution in [0.2, 0.25) is 0 Å². The van der Waals surface area contributed by atoms with Crippen LogP contribution >= 0.6 is 0 Å². The molecule has 0 radical (unpaired) electrons. The summed E-state index contributed by atoms with van der Waals surface area (Å²) in [6.07, 6.45) is 3.33. The minimum absolute atomic E-state index is 0.0814. The first-order chi connectivity index (χ1) is 7.26. The molecule has 2 N–H and O–H groups in total. The summed E-state index contributed by atoms with van der Waals surface area (Å²) in [6.45, 7) is 0.961. The van der Waals surface area contributed by atoms with Crippen molar-refractivity contribution in [3.63, 3.8) is 0 Å². The van der Waals surface area contributed by atoms with Crippen LogP contribution in [0.1, 0.15) is 19.3 Å². The lowest BCUT2D eigenvalue weighted by Crippen LogP contribution is -2.47. The van der Waals surface area contributed by atoms with Gasteiger partial charge in [-0.25, -0.2) is 4.79 Å². The molecule has 0 spiro atoms. The molecule has 0 aliphatic heterocycles. The second kappa shape index (κ2) is 6.63. The zero-order chi connectivity index (χ0) is 11.1. The van der Waals surface area contributed by atoms with Crippen LogP contribution in [0.15, 0.2) is 0 Å². The van der Waals surface area contributed by atoms with Crippen molar-refractivity contribution in [1.82, 2.24) is 10.6 Å². The van der Waals surface area contributed by atoms with E-state index in [-0.39, 0.29) is 12.1 Å². The zero-order valence-corrected chi connectivity index (χ0v) is 9.41. The lowest BCUT2D eigenvalue weighted by atomic mass is 9.93. The van der Waals surface area contributed by atoms with Crippen molar-refractivity contribution in [3.05, 3.63) is 0 Å². The Morgan fingerprint density at radius 2 is 2.20 bits per heavy atom. The van der Waals surface area contributed by atoms with Gasteiger partial charge in [0.15, 0.2) is 0 Å². The van der Waals surface area contributed by atoms with Gasteiger partial charge >= 0.3 is 6.03 Å². The largest absolute Gasteiger partial charge is 0.382 e. The van der Waals surface area contributed by atoms with Crippen LogP contribution in [0.5, 0.6) is 0 Å². The number of carbonyl (C=O) groups is 1. The number of methoxy groups -OCH3 is 2. The van der Waals surface area contributed by atoms with E-state index in [0.29, 0.717) is 19.2 Å². The van der Waals surface area contributed by atoms with Crippen LogP contribution in [-0.2, 0) is 9.47 Å². The Hall–Kier alpha value is -0.810. The van der Waals surface area contributed by atoms with Crippen LogP contribution in [0.25, 0.3) is 0 Å². The Kier molecular flexibility index (Phi) is 5.42. The molecule has 1 fully saturated rings. The second-order valence-corrected chi connectivity index (χ2v) is 3.80. The SMILES string of the molecule is COCC(CNC(=O)NC1CCC1)OC. The van der Waals surface area contributed by atoms with Crippen molar-refractivity contribution in [2.24, 2.45) is 0 Å². The molecule has 15 heavy (non-hydrogen) atoms. The summed E-state index contributed by atoms with van der Waals surface area (Å²) >= 11 is 0. The molecule has 0 bridgehead atoms. The molecule has 5 heteroatoms. The Bertz CT molecular complexity index is 195. The number of rotatable bonds is 6. The van der Waals surface area contributed by atoms with Crippen molar-refractivity contribution in [2.45, 2.75) is 31.4 Å². The van der Waals surface area contributed by atoms with E-state index in [2.05, 4.69) is 10.6 Å². The maximum Gasteiger partial charge on any atom is 0.315 e. The number of amides is 2. The Morgan fingerprint density at radius 1 is 1.47 bits per heavy atom. The second-order valence-electron chi connectivity index (χ2n) is 3.80. The Labute approximate surface area is 90.5 Å². The van der Waals surface area contributed by atoms with Crippen LogP contribution in [0, 0.1) is 0 Å². The molecular formula is C10H20N2O3. The number of ether oxygens (including phenoxy) is 2. The third kappa shape index (κ3) is 4.48. The first-order valence-corrected chi connectivity index (χ1v) is 5.32. The molecule has 1 unspecified atom stereocenters. The Balaban J connectivity index is 2.08. The molecule has 2 amide bonds. The maximum atomic E-state index is 11.4. The molecule has 0 saturated heterocycles. The molecule has 1 rings (SSSR count). The quantitative estimate of drug-likeness (QED) is 0.679. The highest BCUT2D eigenvalue weighted by atomic mass is 16.5. The minimum Gasteiger partial charge on any atom is -0.382 e. The van der Waals surface area contributed by atoms with Crippen molar-refractivity contribution >= 4 is 6.03 Å². The summed E-state index contributed by atoms with van der Waals surface area (Å²) in [5, 5.41) is 5.65. The molecule has 1 atom stereocenters. The van der Waals surface area contributed by atoms with Crippen LogP contribution in [-0.4, -0.2) is 45.5 Å². The molecule has 0 aromatic heterocycles. The number of hydrogen-bond donors (Lipinski definition) is 2. The molecule has 0 aromatic carbocycles. The van der Waals surface area contributed by atoms with Gasteiger partial charge in [-0.2, -0.15) is 0 Å². The van der Waals surface area contributed by atoms with E-state index in [9.17, 15) is 4.79 Å². The fourth-order valence-corrected chi connectivity index (χ4v) is 1.39. The lowest BCUT2D eigenvalue weighted by Gasteiger charge is -2.26. The van der Waals surface area contributed by atoms with Crippen molar-refractivity contribution in [2.75, 3.05) is 27.4 Å². The lowest BCUT2D eigenvalue weighted by molar-refractivity contribution is 0.0303. The third-order valence-electron chi connectivity index (χ3n) is 2.62.